The molecule has 0 bridgehead atoms. The van der Waals surface area contributed by atoms with Gasteiger partial charge in [-0.3, -0.25) is 0 Å². The highest BCUT2D eigenvalue weighted by Gasteiger charge is 2.31. The van der Waals surface area contributed by atoms with Crippen molar-refractivity contribution in [3.63, 3.8) is 0 Å². The van der Waals surface area contributed by atoms with Crippen LogP contribution in [0.1, 0.15) is 59.8 Å². The van der Waals surface area contributed by atoms with Gasteiger partial charge >= 0.3 is 6.09 Å². The Morgan fingerprint density at radius 1 is 1.30 bits per heavy atom. The Morgan fingerprint density at radius 3 is 2.65 bits per heavy atom. The first kappa shape index (κ1) is 18.5. The predicted octanol–water partition coefficient (Wildman–Crippen LogP) is 2.77. The largest absolute Gasteiger partial charge is 0.444 e. The molecule has 5 heteroatoms. The van der Waals surface area contributed by atoms with Gasteiger partial charge in [0.1, 0.15) is 5.60 Å². The number of carbonyl (C=O) groups excluding carboxylic acids is 1. The number of piperidine rings is 1. The van der Waals surface area contributed by atoms with Gasteiger partial charge < -0.3 is 20.1 Å². The molecule has 0 aromatic rings. The van der Waals surface area contributed by atoms with E-state index in [0.29, 0.717) is 17.9 Å². The van der Waals surface area contributed by atoms with E-state index in [1.165, 1.54) is 0 Å². The number of likely N-dealkylation sites (tertiary alicyclic amines) is 1. The SMILES string of the molecule is CC(NCC1CCCC1O)C1CCCN(C(=O)OC(C)(C)C)C1. The molecule has 0 aromatic carbocycles. The molecule has 1 heterocycles. The summed E-state index contributed by atoms with van der Waals surface area (Å²) >= 11 is 0. The average molecular weight is 326 g/mol. The first-order valence-corrected chi connectivity index (χ1v) is 9.15. The number of hydrogen-bond donors (Lipinski definition) is 2. The van der Waals surface area contributed by atoms with Crippen molar-refractivity contribution in [3.05, 3.63) is 0 Å². The van der Waals surface area contributed by atoms with Crippen molar-refractivity contribution in [1.29, 1.82) is 0 Å². The van der Waals surface area contributed by atoms with Crippen molar-refractivity contribution in [2.75, 3.05) is 19.6 Å². The van der Waals surface area contributed by atoms with Crippen molar-refractivity contribution < 1.29 is 14.6 Å². The molecule has 2 N–H and O–H groups in total. The minimum absolute atomic E-state index is 0.140. The number of nitrogens with zero attached hydrogens (tertiary/aromatic N) is 1. The fourth-order valence-electron chi connectivity index (χ4n) is 3.67. The number of amides is 1. The second-order valence-corrected chi connectivity index (χ2v) is 8.28. The van der Waals surface area contributed by atoms with Gasteiger partial charge in [-0.05, 0) is 65.2 Å². The van der Waals surface area contributed by atoms with Gasteiger partial charge in [-0.2, -0.15) is 0 Å². The molecule has 0 spiro atoms. The molecule has 1 saturated carbocycles. The summed E-state index contributed by atoms with van der Waals surface area (Å²) in [6, 6.07) is 0.355. The molecular weight excluding hydrogens is 292 g/mol. The third kappa shape index (κ3) is 5.64. The van der Waals surface area contributed by atoms with Crippen molar-refractivity contribution in [1.82, 2.24) is 10.2 Å². The Morgan fingerprint density at radius 2 is 2.04 bits per heavy atom. The summed E-state index contributed by atoms with van der Waals surface area (Å²) in [5, 5.41) is 13.5. The van der Waals surface area contributed by atoms with Crippen LogP contribution in [0.5, 0.6) is 0 Å². The topological polar surface area (TPSA) is 61.8 Å². The third-order valence-electron chi connectivity index (χ3n) is 5.14. The fraction of sp³-hybridized carbons (Fsp3) is 0.944. The minimum atomic E-state index is -0.438. The molecule has 5 nitrogen and oxygen atoms in total. The van der Waals surface area contributed by atoms with Gasteiger partial charge in [0, 0.05) is 25.7 Å². The van der Waals surface area contributed by atoms with Gasteiger partial charge in [-0.15, -0.1) is 0 Å². The molecule has 1 amide bonds. The van der Waals surface area contributed by atoms with Crippen LogP contribution in [0, 0.1) is 11.8 Å². The van der Waals surface area contributed by atoms with Crippen molar-refractivity contribution in [3.8, 4) is 0 Å². The lowest BCUT2D eigenvalue weighted by Gasteiger charge is -2.37. The molecule has 0 radical (unpaired) electrons. The summed E-state index contributed by atoms with van der Waals surface area (Å²) in [6.45, 7) is 10.3. The highest BCUT2D eigenvalue weighted by atomic mass is 16.6. The smallest absolute Gasteiger partial charge is 0.410 e. The first-order chi connectivity index (χ1) is 10.8. The predicted molar refractivity (Wildman–Crippen MR) is 91.3 cm³/mol. The lowest BCUT2D eigenvalue weighted by molar-refractivity contribution is 0.0146. The zero-order valence-electron chi connectivity index (χ0n) is 15.2. The van der Waals surface area contributed by atoms with Gasteiger partial charge in [0.05, 0.1) is 6.10 Å². The number of hydrogen-bond acceptors (Lipinski definition) is 4. The molecule has 4 unspecified atom stereocenters. The maximum Gasteiger partial charge on any atom is 0.410 e. The Bertz CT molecular complexity index is 394. The van der Waals surface area contributed by atoms with Gasteiger partial charge in [0.15, 0.2) is 0 Å². The first-order valence-electron chi connectivity index (χ1n) is 9.15. The molecule has 0 aromatic heterocycles. The summed E-state index contributed by atoms with van der Waals surface area (Å²) in [4.78, 5) is 14.1. The van der Waals surface area contributed by atoms with E-state index in [2.05, 4.69) is 12.2 Å². The van der Waals surface area contributed by atoms with Crippen LogP contribution in [-0.4, -0.2) is 53.5 Å². The molecular formula is C18H34N2O3. The Hall–Kier alpha value is -0.810. The second-order valence-electron chi connectivity index (χ2n) is 8.28. The number of aliphatic hydroxyl groups excluding tert-OH is 1. The van der Waals surface area contributed by atoms with Gasteiger partial charge in [-0.1, -0.05) is 6.42 Å². The van der Waals surface area contributed by atoms with Crippen molar-refractivity contribution in [2.45, 2.75) is 77.5 Å². The van der Waals surface area contributed by atoms with E-state index in [1.54, 1.807) is 0 Å². The standard InChI is InChI=1S/C18H34N2O3/c1-13(19-11-14-7-5-9-16(14)21)15-8-6-10-20(12-15)17(22)23-18(2,3)4/h13-16,19,21H,5-12H2,1-4H3. The quantitative estimate of drug-likeness (QED) is 0.834. The van der Waals surface area contributed by atoms with Crippen LogP contribution < -0.4 is 5.32 Å². The molecule has 2 aliphatic rings. The van der Waals surface area contributed by atoms with Crippen molar-refractivity contribution >= 4 is 6.09 Å². The van der Waals surface area contributed by atoms with Gasteiger partial charge in [0.25, 0.3) is 0 Å². The van der Waals surface area contributed by atoms with Crippen LogP contribution in [-0.2, 0) is 4.74 Å². The Kier molecular flexibility index (Phi) is 6.32. The summed E-state index contributed by atoms with van der Waals surface area (Å²) in [7, 11) is 0. The fourth-order valence-corrected chi connectivity index (χ4v) is 3.67. The summed E-state index contributed by atoms with van der Waals surface area (Å²) in [6.07, 6.45) is 5.03. The van der Waals surface area contributed by atoms with Crippen LogP contribution in [0.3, 0.4) is 0 Å². The van der Waals surface area contributed by atoms with Gasteiger partial charge in [0.2, 0.25) is 0 Å². The zero-order valence-corrected chi connectivity index (χ0v) is 15.2. The van der Waals surface area contributed by atoms with E-state index in [9.17, 15) is 9.90 Å². The third-order valence-corrected chi connectivity index (χ3v) is 5.14. The maximum absolute atomic E-state index is 12.2. The van der Waals surface area contributed by atoms with Crippen LogP contribution >= 0.6 is 0 Å². The number of nitrogens with one attached hydrogen (secondary N) is 1. The van der Waals surface area contributed by atoms with E-state index in [4.69, 9.17) is 4.74 Å². The molecule has 2 fully saturated rings. The van der Waals surface area contributed by atoms with Crippen molar-refractivity contribution in [2.24, 2.45) is 11.8 Å². The summed E-state index contributed by atoms with van der Waals surface area (Å²) in [5.74, 6) is 0.845. The lowest BCUT2D eigenvalue weighted by atomic mass is 9.91. The average Bonchev–Trinajstić information content (AvgIpc) is 2.88. The Labute approximate surface area is 140 Å². The molecule has 2 rings (SSSR count). The van der Waals surface area contributed by atoms with Crippen LogP contribution in [0.15, 0.2) is 0 Å². The monoisotopic (exact) mass is 326 g/mol. The van der Waals surface area contributed by atoms with E-state index < -0.39 is 5.60 Å². The van der Waals surface area contributed by atoms with E-state index in [1.807, 2.05) is 25.7 Å². The van der Waals surface area contributed by atoms with E-state index in [-0.39, 0.29) is 12.2 Å². The molecule has 1 aliphatic carbocycles. The second kappa shape index (κ2) is 7.84. The number of ether oxygens (including phenoxy) is 1. The van der Waals surface area contributed by atoms with Gasteiger partial charge in [-0.25, -0.2) is 4.79 Å². The molecule has 134 valence electrons. The number of carbonyl (C=O) groups is 1. The number of rotatable bonds is 4. The molecule has 4 atom stereocenters. The normalized spacial score (nSPS) is 30.3. The number of aliphatic hydroxyl groups is 1. The van der Waals surface area contributed by atoms with Crippen LogP contribution in [0.4, 0.5) is 4.79 Å². The van der Waals surface area contributed by atoms with E-state index >= 15 is 0 Å². The Balaban J connectivity index is 1.79. The van der Waals surface area contributed by atoms with Crippen LogP contribution in [0.25, 0.3) is 0 Å². The summed E-state index contributed by atoms with van der Waals surface area (Å²) in [5.41, 5.74) is -0.438. The van der Waals surface area contributed by atoms with E-state index in [0.717, 1.165) is 51.7 Å². The molecule has 1 saturated heterocycles. The maximum atomic E-state index is 12.2. The minimum Gasteiger partial charge on any atom is -0.444 e. The summed E-state index contributed by atoms with van der Waals surface area (Å²) < 4.78 is 5.49. The lowest BCUT2D eigenvalue weighted by Crippen LogP contribution is -2.48. The highest BCUT2D eigenvalue weighted by Crippen LogP contribution is 2.26. The highest BCUT2D eigenvalue weighted by molar-refractivity contribution is 5.68. The zero-order chi connectivity index (χ0) is 17.0. The molecule has 23 heavy (non-hydrogen) atoms. The van der Waals surface area contributed by atoms with Crippen LogP contribution in [0.2, 0.25) is 0 Å². The molecule has 1 aliphatic heterocycles.